The van der Waals surface area contributed by atoms with E-state index in [1.54, 1.807) is 24.3 Å². The zero-order valence-electron chi connectivity index (χ0n) is 13.5. The Morgan fingerprint density at radius 2 is 1.84 bits per heavy atom. The number of aryl methyl sites for hydroxylation is 1. The van der Waals surface area contributed by atoms with E-state index < -0.39 is 22.9 Å². The average molecular weight is 363 g/mol. The van der Waals surface area contributed by atoms with Crippen LogP contribution in [0, 0.1) is 17.0 Å². The normalized spacial score (nSPS) is 11.5. The Labute approximate surface area is 148 Å². The second kappa shape index (κ2) is 7.76. The average Bonchev–Trinajstić information content (AvgIpc) is 2.56. The monoisotopic (exact) mass is 362 g/mol. The number of rotatable bonds is 5. The molecule has 1 unspecified atom stereocenters. The zero-order valence-corrected chi connectivity index (χ0v) is 14.2. The summed E-state index contributed by atoms with van der Waals surface area (Å²) in [6, 6.07) is 10.3. The Bertz CT molecular complexity index is 820. The number of hydrogen-bond donors (Lipinski definition) is 1. The molecule has 0 bridgehead atoms. The van der Waals surface area contributed by atoms with Gasteiger partial charge in [0.1, 0.15) is 0 Å². The van der Waals surface area contributed by atoms with Crippen LogP contribution in [0.2, 0.25) is 5.02 Å². The molecule has 0 aliphatic heterocycles. The molecule has 0 saturated heterocycles. The van der Waals surface area contributed by atoms with Crippen LogP contribution in [-0.4, -0.2) is 22.9 Å². The van der Waals surface area contributed by atoms with E-state index in [9.17, 15) is 19.7 Å². The topological polar surface area (TPSA) is 98.5 Å². The number of anilines is 1. The lowest BCUT2D eigenvalue weighted by Gasteiger charge is -2.14. The number of nitro benzene ring substituents is 1. The minimum Gasteiger partial charge on any atom is -0.449 e. The van der Waals surface area contributed by atoms with E-state index in [-0.39, 0.29) is 11.3 Å². The van der Waals surface area contributed by atoms with Crippen molar-refractivity contribution < 1.29 is 19.2 Å². The van der Waals surface area contributed by atoms with Crippen LogP contribution in [0.5, 0.6) is 0 Å². The van der Waals surface area contributed by atoms with E-state index in [0.717, 1.165) is 0 Å². The summed E-state index contributed by atoms with van der Waals surface area (Å²) in [5.41, 5.74) is 0.889. The fourth-order valence-corrected chi connectivity index (χ4v) is 2.17. The molecule has 130 valence electrons. The molecule has 0 saturated carbocycles. The minimum atomic E-state index is -1.04. The lowest BCUT2D eigenvalue weighted by atomic mass is 10.1. The van der Waals surface area contributed by atoms with Crippen LogP contribution < -0.4 is 5.32 Å². The van der Waals surface area contributed by atoms with Gasteiger partial charge in [-0.25, -0.2) is 4.79 Å². The second-order valence-electron chi connectivity index (χ2n) is 5.30. The molecule has 0 heterocycles. The molecule has 0 aromatic heterocycles. The number of nitro groups is 1. The number of halogens is 1. The maximum Gasteiger partial charge on any atom is 0.338 e. The number of hydrogen-bond acceptors (Lipinski definition) is 5. The summed E-state index contributed by atoms with van der Waals surface area (Å²) >= 11 is 5.77. The first-order valence-corrected chi connectivity index (χ1v) is 7.68. The Balaban J connectivity index is 2.01. The molecule has 2 aromatic rings. The van der Waals surface area contributed by atoms with Gasteiger partial charge in [0, 0.05) is 22.3 Å². The third-order valence-corrected chi connectivity index (χ3v) is 3.65. The smallest absolute Gasteiger partial charge is 0.338 e. The lowest BCUT2D eigenvalue weighted by Crippen LogP contribution is -2.30. The molecule has 8 heteroatoms. The van der Waals surface area contributed by atoms with Crippen LogP contribution in [0.25, 0.3) is 0 Å². The lowest BCUT2D eigenvalue weighted by molar-refractivity contribution is -0.385. The number of ether oxygens (including phenoxy) is 1. The molecule has 0 fully saturated rings. The fourth-order valence-electron chi connectivity index (χ4n) is 2.05. The van der Waals surface area contributed by atoms with Gasteiger partial charge in [-0.3, -0.25) is 14.9 Å². The van der Waals surface area contributed by atoms with Crippen molar-refractivity contribution >= 4 is 34.9 Å². The summed E-state index contributed by atoms with van der Waals surface area (Å²) in [4.78, 5) is 34.4. The number of nitrogens with one attached hydrogen (secondary N) is 1. The molecule has 1 atom stereocenters. The first-order chi connectivity index (χ1) is 11.8. The van der Waals surface area contributed by atoms with Crippen molar-refractivity contribution in [1.82, 2.24) is 0 Å². The summed E-state index contributed by atoms with van der Waals surface area (Å²) in [6.07, 6.45) is -1.04. The first kappa shape index (κ1) is 18.4. The number of carbonyl (C=O) groups is 2. The van der Waals surface area contributed by atoms with Crippen molar-refractivity contribution in [2.75, 3.05) is 5.32 Å². The van der Waals surface area contributed by atoms with Gasteiger partial charge in [0.25, 0.3) is 11.6 Å². The predicted octanol–water partition coefficient (Wildman–Crippen LogP) is 3.74. The molecular weight excluding hydrogens is 348 g/mol. The van der Waals surface area contributed by atoms with Gasteiger partial charge in [-0.15, -0.1) is 0 Å². The van der Waals surface area contributed by atoms with E-state index in [1.807, 2.05) is 0 Å². The van der Waals surface area contributed by atoms with Gasteiger partial charge in [0.15, 0.2) is 6.10 Å². The van der Waals surface area contributed by atoms with Crippen LogP contribution in [-0.2, 0) is 9.53 Å². The van der Waals surface area contributed by atoms with Gasteiger partial charge in [0.05, 0.1) is 10.5 Å². The van der Waals surface area contributed by atoms with Crippen LogP contribution >= 0.6 is 11.6 Å². The Morgan fingerprint density at radius 1 is 1.20 bits per heavy atom. The second-order valence-corrected chi connectivity index (χ2v) is 5.74. The Morgan fingerprint density at radius 3 is 2.40 bits per heavy atom. The molecule has 7 nitrogen and oxygen atoms in total. The molecule has 0 aliphatic carbocycles. The number of benzene rings is 2. The van der Waals surface area contributed by atoms with Crippen molar-refractivity contribution in [3.63, 3.8) is 0 Å². The molecule has 1 amide bonds. The highest BCUT2D eigenvalue weighted by Gasteiger charge is 2.20. The van der Waals surface area contributed by atoms with Crippen molar-refractivity contribution in [3.05, 3.63) is 68.7 Å². The largest absolute Gasteiger partial charge is 0.449 e. The van der Waals surface area contributed by atoms with E-state index in [2.05, 4.69) is 5.32 Å². The van der Waals surface area contributed by atoms with Gasteiger partial charge >= 0.3 is 5.97 Å². The fraction of sp³-hybridized carbons (Fsp3) is 0.176. The molecule has 2 rings (SSSR count). The molecule has 0 spiro atoms. The van der Waals surface area contributed by atoms with Gasteiger partial charge in [-0.05, 0) is 50.2 Å². The molecule has 0 radical (unpaired) electrons. The Kier molecular flexibility index (Phi) is 5.71. The molecule has 0 aliphatic rings. The number of amides is 1. The first-order valence-electron chi connectivity index (χ1n) is 7.30. The van der Waals surface area contributed by atoms with Gasteiger partial charge in [0.2, 0.25) is 0 Å². The van der Waals surface area contributed by atoms with Crippen molar-refractivity contribution in [2.24, 2.45) is 0 Å². The standard InChI is InChI=1S/C17H15ClN2O5/c1-10-9-12(3-8-15(10)20(23)24)17(22)25-11(2)16(21)19-14-6-4-13(18)5-7-14/h3-9,11H,1-2H3,(H,19,21). The zero-order chi connectivity index (χ0) is 18.6. The van der Waals surface area contributed by atoms with Crippen molar-refractivity contribution in [2.45, 2.75) is 20.0 Å². The number of nitrogens with zero attached hydrogens (tertiary/aromatic N) is 1. The molecule has 25 heavy (non-hydrogen) atoms. The summed E-state index contributed by atoms with van der Waals surface area (Å²) in [5.74, 6) is -1.24. The SMILES string of the molecule is Cc1cc(C(=O)OC(C)C(=O)Nc2ccc(Cl)cc2)ccc1[N+](=O)[O-]. The van der Waals surface area contributed by atoms with E-state index in [0.29, 0.717) is 16.3 Å². The maximum absolute atomic E-state index is 12.1. The van der Waals surface area contributed by atoms with Crippen LogP contribution in [0.15, 0.2) is 42.5 Å². The molecular formula is C17H15ClN2O5. The minimum absolute atomic E-state index is 0.0925. The number of esters is 1. The highest BCUT2D eigenvalue weighted by atomic mass is 35.5. The van der Waals surface area contributed by atoms with E-state index >= 15 is 0 Å². The molecule has 2 aromatic carbocycles. The van der Waals surface area contributed by atoms with Crippen molar-refractivity contribution in [1.29, 1.82) is 0 Å². The van der Waals surface area contributed by atoms with Gasteiger partial charge in [-0.1, -0.05) is 11.6 Å². The van der Waals surface area contributed by atoms with E-state index in [1.165, 1.54) is 32.0 Å². The van der Waals surface area contributed by atoms with Gasteiger partial charge < -0.3 is 10.1 Å². The van der Waals surface area contributed by atoms with Crippen LogP contribution in [0.4, 0.5) is 11.4 Å². The van der Waals surface area contributed by atoms with Crippen molar-refractivity contribution in [3.8, 4) is 0 Å². The third-order valence-electron chi connectivity index (χ3n) is 3.39. The summed E-state index contributed by atoms with van der Waals surface area (Å²) in [7, 11) is 0. The summed E-state index contributed by atoms with van der Waals surface area (Å²) in [5, 5.41) is 13.9. The third kappa shape index (κ3) is 4.77. The molecule has 1 N–H and O–H groups in total. The van der Waals surface area contributed by atoms with E-state index in [4.69, 9.17) is 16.3 Å². The summed E-state index contributed by atoms with van der Waals surface area (Å²) < 4.78 is 5.10. The highest BCUT2D eigenvalue weighted by molar-refractivity contribution is 6.30. The van der Waals surface area contributed by atoms with Crippen LogP contribution in [0.3, 0.4) is 0 Å². The summed E-state index contributed by atoms with van der Waals surface area (Å²) in [6.45, 7) is 2.95. The Hall–Kier alpha value is -2.93. The number of carbonyl (C=O) groups excluding carboxylic acids is 2. The van der Waals surface area contributed by atoms with Crippen LogP contribution in [0.1, 0.15) is 22.8 Å². The highest BCUT2D eigenvalue weighted by Crippen LogP contribution is 2.20. The quantitative estimate of drug-likeness (QED) is 0.496. The maximum atomic E-state index is 12.1. The predicted molar refractivity (Wildman–Crippen MR) is 92.8 cm³/mol. The van der Waals surface area contributed by atoms with Gasteiger partial charge in [-0.2, -0.15) is 0 Å².